The summed E-state index contributed by atoms with van der Waals surface area (Å²) in [4.78, 5) is 29.3. The van der Waals surface area contributed by atoms with Crippen molar-refractivity contribution in [3.63, 3.8) is 0 Å². The standard InChI is InChI=1S/C25H16BrClINO5/c1-2-32-21-12-14(10-18(27)22(21)33-24(30)15-6-4-3-5-7-15)11-20-25(31)34-23(29-20)16-8-9-19(28)17(26)13-16/h3-13H,2H2,1H3/b20-11-. The number of cyclic esters (lactones) is 1. The summed E-state index contributed by atoms with van der Waals surface area (Å²) in [7, 11) is 0. The molecule has 3 aromatic rings. The third kappa shape index (κ3) is 5.51. The molecule has 9 heteroatoms. The van der Waals surface area contributed by atoms with E-state index in [1.165, 1.54) is 6.08 Å². The van der Waals surface area contributed by atoms with E-state index < -0.39 is 11.9 Å². The van der Waals surface area contributed by atoms with Gasteiger partial charge in [0.15, 0.2) is 17.2 Å². The Labute approximate surface area is 222 Å². The average molecular weight is 653 g/mol. The van der Waals surface area contributed by atoms with Gasteiger partial charge >= 0.3 is 11.9 Å². The number of rotatable bonds is 6. The summed E-state index contributed by atoms with van der Waals surface area (Å²) in [6, 6.07) is 17.3. The van der Waals surface area contributed by atoms with Gasteiger partial charge < -0.3 is 14.2 Å². The van der Waals surface area contributed by atoms with Gasteiger partial charge in [-0.05, 0) is 99.5 Å². The van der Waals surface area contributed by atoms with Gasteiger partial charge in [-0.3, -0.25) is 0 Å². The van der Waals surface area contributed by atoms with E-state index >= 15 is 0 Å². The number of ether oxygens (including phenoxy) is 3. The maximum atomic E-state index is 12.5. The molecule has 3 aromatic carbocycles. The molecular formula is C25H16BrClINO5. The Morgan fingerprint density at radius 3 is 2.65 bits per heavy atom. The zero-order valence-corrected chi connectivity index (χ0v) is 22.2. The maximum Gasteiger partial charge on any atom is 0.363 e. The predicted molar refractivity (Wildman–Crippen MR) is 141 cm³/mol. The molecule has 0 saturated carbocycles. The summed E-state index contributed by atoms with van der Waals surface area (Å²) in [6.45, 7) is 2.12. The van der Waals surface area contributed by atoms with Crippen LogP contribution in [0, 0.1) is 3.57 Å². The first-order chi connectivity index (χ1) is 16.4. The Kier molecular flexibility index (Phi) is 7.70. The van der Waals surface area contributed by atoms with Crippen LogP contribution >= 0.6 is 50.1 Å². The highest BCUT2D eigenvalue weighted by Crippen LogP contribution is 2.38. The van der Waals surface area contributed by atoms with Crippen LogP contribution in [-0.4, -0.2) is 24.4 Å². The van der Waals surface area contributed by atoms with Crippen molar-refractivity contribution in [2.24, 2.45) is 4.99 Å². The molecule has 0 bridgehead atoms. The lowest BCUT2D eigenvalue weighted by Crippen LogP contribution is -2.10. The number of esters is 2. The highest BCUT2D eigenvalue weighted by atomic mass is 127. The van der Waals surface area contributed by atoms with Crippen molar-refractivity contribution in [2.75, 3.05) is 6.61 Å². The van der Waals surface area contributed by atoms with Gasteiger partial charge in [-0.15, -0.1) is 0 Å². The van der Waals surface area contributed by atoms with Gasteiger partial charge in [0.05, 0.1) is 17.2 Å². The third-order valence-electron chi connectivity index (χ3n) is 4.63. The zero-order chi connectivity index (χ0) is 24.2. The molecule has 1 aliphatic heterocycles. The van der Waals surface area contributed by atoms with E-state index in [1.54, 1.807) is 49.4 Å². The van der Waals surface area contributed by atoms with E-state index in [4.69, 9.17) is 25.8 Å². The number of aliphatic imine (C=N–C) groups is 1. The number of hydrogen-bond acceptors (Lipinski definition) is 6. The second-order valence-corrected chi connectivity index (χ2v) is 9.41. The molecule has 6 nitrogen and oxygen atoms in total. The van der Waals surface area contributed by atoms with Gasteiger partial charge in [-0.2, -0.15) is 0 Å². The molecule has 1 heterocycles. The molecule has 0 fully saturated rings. The highest BCUT2D eigenvalue weighted by molar-refractivity contribution is 14.1. The topological polar surface area (TPSA) is 74.2 Å². The fraction of sp³-hybridized carbons (Fsp3) is 0.0800. The molecule has 0 unspecified atom stereocenters. The monoisotopic (exact) mass is 651 g/mol. The molecule has 0 radical (unpaired) electrons. The van der Waals surface area contributed by atoms with E-state index in [1.807, 2.05) is 18.2 Å². The predicted octanol–water partition coefficient (Wildman–Crippen LogP) is 6.67. The van der Waals surface area contributed by atoms with Crippen LogP contribution in [0.4, 0.5) is 0 Å². The van der Waals surface area contributed by atoms with E-state index in [2.05, 4.69) is 43.5 Å². The van der Waals surface area contributed by atoms with Crippen LogP contribution in [0.2, 0.25) is 5.02 Å². The molecule has 0 spiro atoms. The van der Waals surface area contributed by atoms with Crippen molar-refractivity contribution in [1.82, 2.24) is 0 Å². The van der Waals surface area contributed by atoms with Crippen LogP contribution < -0.4 is 9.47 Å². The number of benzene rings is 3. The number of halogens is 3. The van der Waals surface area contributed by atoms with Crippen molar-refractivity contribution in [3.8, 4) is 11.5 Å². The SMILES string of the molecule is CCOc1cc(/C=C2\N=C(c3ccc(I)c(Br)c3)OC2=O)cc(Cl)c1OC(=O)c1ccccc1. The molecule has 0 aliphatic carbocycles. The van der Waals surface area contributed by atoms with E-state index in [0.29, 0.717) is 23.3 Å². The molecule has 0 aromatic heterocycles. The molecule has 1 aliphatic rings. The normalized spacial score (nSPS) is 14.1. The van der Waals surface area contributed by atoms with Gasteiger partial charge in [0.2, 0.25) is 5.90 Å². The summed E-state index contributed by atoms with van der Waals surface area (Å²) in [5.41, 5.74) is 1.69. The lowest BCUT2D eigenvalue weighted by molar-refractivity contribution is -0.129. The van der Waals surface area contributed by atoms with E-state index in [9.17, 15) is 9.59 Å². The van der Waals surface area contributed by atoms with Crippen LogP contribution in [-0.2, 0) is 9.53 Å². The lowest BCUT2D eigenvalue weighted by Gasteiger charge is -2.13. The first-order valence-corrected chi connectivity index (χ1v) is 12.3. The third-order valence-corrected chi connectivity index (χ3v) is 7.25. The largest absolute Gasteiger partial charge is 0.490 e. The molecule has 0 amide bonds. The summed E-state index contributed by atoms with van der Waals surface area (Å²) in [5, 5.41) is 0.152. The maximum absolute atomic E-state index is 12.5. The minimum absolute atomic E-state index is 0.0986. The summed E-state index contributed by atoms with van der Waals surface area (Å²) in [5.74, 6) is -0.576. The molecule has 0 atom stereocenters. The second-order valence-electron chi connectivity index (χ2n) is 6.98. The summed E-state index contributed by atoms with van der Waals surface area (Å²) >= 11 is 12.1. The number of carbonyl (C=O) groups excluding carboxylic acids is 2. The second kappa shape index (κ2) is 10.7. The minimum Gasteiger partial charge on any atom is -0.490 e. The smallest absolute Gasteiger partial charge is 0.363 e. The van der Waals surface area contributed by atoms with Crippen LogP contribution in [0.25, 0.3) is 6.08 Å². The average Bonchev–Trinajstić information content (AvgIpc) is 3.18. The van der Waals surface area contributed by atoms with Gasteiger partial charge in [-0.1, -0.05) is 29.8 Å². The van der Waals surface area contributed by atoms with Crippen molar-refractivity contribution in [1.29, 1.82) is 0 Å². The highest BCUT2D eigenvalue weighted by Gasteiger charge is 2.25. The number of hydrogen-bond donors (Lipinski definition) is 0. The Morgan fingerprint density at radius 1 is 1.18 bits per heavy atom. The van der Waals surface area contributed by atoms with Gasteiger partial charge in [0.25, 0.3) is 0 Å². The zero-order valence-electron chi connectivity index (χ0n) is 17.7. The Morgan fingerprint density at radius 2 is 1.94 bits per heavy atom. The Bertz CT molecular complexity index is 1340. The van der Waals surface area contributed by atoms with Crippen LogP contribution in [0.1, 0.15) is 28.4 Å². The summed E-state index contributed by atoms with van der Waals surface area (Å²) in [6.07, 6.45) is 1.54. The van der Waals surface area contributed by atoms with Gasteiger partial charge in [-0.25, -0.2) is 14.6 Å². The Hall–Kier alpha value is -2.69. The minimum atomic E-state index is -0.585. The first-order valence-electron chi connectivity index (χ1n) is 10.1. The number of nitrogens with zero attached hydrogens (tertiary/aromatic N) is 1. The van der Waals surface area contributed by atoms with Gasteiger partial charge in [0, 0.05) is 13.6 Å². The van der Waals surface area contributed by atoms with E-state index in [0.717, 1.165) is 8.04 Å². The fourth-order valence-electron chi connectivity index (χ4n) is 3.08. The summed E-state index contributed by atoms with van der Waals surface area (Å²) < 4.78 is 18.4. The van der Waals surface area contributed by atoms with Crippen molar-refractivity contribution < 1.29 is 23.8 Å². The number of carbonyl (C=O) groups is 2. The van der Waals surface area contributed by atoms with Crippen LogP contribution in [0.3, 0.4) is 0 Å². The fourth-order valence-corrected chi connectivity index (χ4v) is 4.05. The Balaban J connectivity index is 1.65. The quantitative estimate of drug-likeness (QED) is 0.129. The van der Waals surface area contributed by atoms with Crippen molar-refractivity contribution in [2.45, 2.75) is 6.92 Å². The van der Waals surface area contributed by atoms with Crippen LogP contribution in [0.15, 0.2) is 75.8 Å². The molecular weight excluding hydrogens is 637 g/mol. The first kappa shape index (κ1) is 24.4. The molecule has 0 saturated heterocycles. The van der Waals surface area contributed by atoms with Gasteiger partial charge in [0.1, 0.15) is 0 Å². The molecule has 172 valence electrons. The van der Waals surface area contributed by atoms with Crippen LogP contribution in [0.5, 0.6) is 11.5 Å². The van der Waals surface area contributed by atoms with Crippen molar-refractivity contribution in [3.05, 3.63) is 96.1 Å². The molecule has 34 heavy (non-hydrogen) atoms. The molecule has 0 N–H and O–H groups in total. The lowest BCUT2D eigenvalue weighted by atomic mass is 10.1. The molecule has 4 rings (SSSR count). The van der Waals surface area contributed by atoms with Crippen molar-refractivity contribution >= 4 is 74.0 Å². The van der Waals surface area contributed by atoms with E-state index in [-0.39, 0.29) is 28.1 Å².